The molecule has 19 heavy (non-hydrogen) atoms. The minimum Gasteiger partial charge on any atom is -0.496 e. The second-order valence-electron chi connectivity index (χ2n) is 5.75. The predicted molar refractivity (Wildman–Crippen MR) is 74.0 cm³/mol. The summed E-state index contributed by atoms with van der Waals surface area (Å²) in [5, 5.41) is 2.98. The molecule has 0 aliphatic heterocycles. The number of ether oxygens (including phenoxy) is 1. The largest absolute Gasteiger partial charge is 0.496 e. The van der Waals surface area contributed by atoms with Crippen LogP contribution in [0.5, 0.6) is 5.75 Å². The van der Waals surface area contributed by atoms with E-state index in [-0.39, 0.29) is 11.8 Å². The normalized spacial score (nSPS) is 31.7. The molecule has 0 spiro atoms. The van der Waals surface area contributed by atoms with Crippen molar-refractivity contribution in [3.63, 3.8) is 0 Å². The number of anilines is 1. The van der Waals surface area contributed by atoms with Gasteiger partial charge in [0.05, 0.1) is 7.11 Å². The highest BCUT2D eigenvalue weighted by molar-refractivity contribution is 5.93. The van der Waals surface area contributed by atoms with E-state index in [9.17, 15) is 4.79 Å². The van der Waals surface area contributed by atoms with E-state index in [0.717, 1.165) is 29.8 Å². The number of benzene rings is 1. The van der Waals surface area contributed by atoms with Gasteiger partial charge in [0.1, 0.15) is 5.75 Å². The average molecular weight is 260 g/mol. The van der Waals surface area contributed by atoms with Crippen LogP contribution in [0.1, 0.15) is 18.4 Å². The van der Waals surface area contributed by atoms with Crippen LogP contribution in [0.2, 0.25) is 0 Å². The van der Waals surface area contributed by atoms with Crippen LogP contribution >= 0.6 is 0 Å². The van der Waals surface area contributed by atoms with Gasteiger partial charge < -0.3 is 15.8 Å². The van der Waals surface area contributed by atoms with Crippen LogP contribution in [0.4, 0.5) is 5.69 Å². The van der Waals surface area contributed by atoms with Gasteiger partial charge in [0, 0.05) is 23.7 Å². The van der Waals surface area contributed by atoms with Crippen molar-refractivity contribution in [2.75, 3.05) is 12.4 Å². The molecule has 2 atom stereocenters. The lowest BCUT2D eigenvalue weighted by Gasteiger charge is -2.14. The first-order chi connectivity index (χ1) is 9.10. The molecular weight excluding hydrogens is 240 g/mol. The van der Waals surface area contributed by atoms with Gasteiger partial charge in [-0.05, 0) is 43.2 Å². The van der Waals surface area contributed by atoms with E-state index in [4.69, 9.17) is 10.5 Å². The Bertz CT molecular complexity index is 503. The quantitative estimate of drug-likeness (QED) is 0.872. The highest BCUT2D eigenvalue weighted by atomic mass is 16.5. The zero-order valence-electron chi connectivity index (χ0n) is 11.3. The first kappa shape index (κ1) is 12.5. The Morgan fingerprint density at radius 2 is 2.05 bits per heavy atom. The van der Waals surface area contributed by atoms with Crippen molar-refractivity contribution >= 4 is 11.6 Å². The summed E-state index contributed by atoms with van der Waals surface area (Å²) in [7, 11) is 1.64. The average Bonchev–Trinajstić information content (AvgIpc) is 2.84. The van der Waals surface area contributed by atoms with Gasteiger partial charge in [-0.2, -0.15) is 0 Å². The smallest absolute Gasteiger partial charge is 0.227 e. The standard InChI is InChI=1S/C15H20N2O2/c1-8-3-4-10(7-13(8)19-2)17-15(18)9-5-11-12(6-9)14(11)16/h3-4,7,9,11-12,14H,5-6,16H2,1-2H3,(H,17,18). The lowest BCUT2D eigenvalue weighted by Crippen LogP contribution is -2.24. The molecule has 0 bridgehead atoms. The van der Waals surface area contributed by atoms with Crippen molar-refractivity contribution < 1.29 is 9.53 Å². The van der Waals surface area contributed by atoms with E-state index < -0.39 is 0 Å². The molecule has 0 heterocycles. The second-order valence-corrected chi connectivity index (χ2v) is 5.75. The molecule has 3 rings (SSSR count). The Labute approximate surface area is 113 Å². The minimum atomic E-state index is 0.116. The van der Waals surface area contributed by atoms with E-state index in [0.29, 0.717) is 17.9 Å². The molecule has 4 nitrogen and oxygen atoms in total. The summed E-state index contributed by atoms with van der Waals surface area (Å²) in [5.74, 6) is 2.22. The molecule has 2 fully saturated rings. The molecule has 0 radical (unpaired) electrons. The number of hydrogen-bond donors (Lipinski definition) is 2. The second kappa shape index (κ2) is 4.53. The Balaban J connectivity index is 1.63. The summed E-state index contributed by atoms with van der Waals surface area (Å²) in [6.07, 6.45) is 1.89. The summed E-state index contributed by atoms with van der Waals surface area (Å²) in [4.78, 5) is 12.2. The zero-order chi connectivity index (χ0) is 13.6. The van der Waals surface area contributed by atoms with Crippen molar-refractivity contribution in [1.82, 2.24) is 0 Å². The number of rotatable bonds is 3. The number of hydrogen-bond acceptors (Lipinski definition) is 3. The first-order valence-corrected chi connectivity index (χ1v) is 6.81. The van der Waals surface area contributed by atoms with E-state index in [1.807, 2.05) is 25.1 Å². The van der Waals surface area contributed by atoms with Crippen LogP contribution in [0.25, 0.3) is 0 Å². The highest BCUT2D eigenvalue weighted by Gasteiger charge is 2.55. The molecule has 1 aromatic carbocycles. The van der Waals surface area contributed by atoms with E-state index in [1.54, 1.807) is 7.11 Å². The molecule has 2 unspecified atom stereocenters. The molecule has 2 saturated carbocycles. The maximum Gasteiger partial charge on any atom is 0.227 e. The summed E-state index contributed by atoms with van der Waals surface area (Å²) in [6, 6.07) is 6.09. The predicted octanol–water partition coefficient (Wildman–Crippen LogP) is 1.93. The molecule has 0 aromatic heterocycles. The maximum absolute atomic E-state index is 12.2. The third-order valence-corrected chi connectivity index (χ3v) is 4.56. The molecule has 2 aliphatic rings. The Hall–Kier alpha value is -1.55. The van der Waals surface area contributed by atoms with Gasteiger partial charge >= 0.3 is 0 Å². The van der Waals surface area contributed by atoms with Crippen molar-refractivity contribution in [2.24, 2.45) is 23.5 Å². The number of methoxy groups -OCH3 is 1. The fraction of sp³-hybridized carbons (Fsp3) is 0.533. The molecular formula is C15H20N2O2. The summed E-state index contributed by atoms with van der Waals surface area (Å²) >= 11 is 0. The molecule has 0 saturated heterocycles. The fourth-order valence-electron chi connectivity index (χ4n) is 3.25. The van der Waals surface area contributed by atoms with E-state index >= 15 is 0 Å². The van der Waals surface area contributed by atoms with E-state index in [2.05, 4.69) is 5.32 Å². The van der Waals surface area contributed by atoms with Gasteiger partial charge in [0.25, 0.3) is 0 Å². The number of nitrogens with one attached hydrogen (secondary N) is 1. The molecule has 1 amide bonds. The van der Waals surface area contributed by atoms with Gasteiger partial charge in [-0.1, -0.05) is 6.07 Å². The third-order valence-electron chi connectivity index (χ3n) is 4.56. The van der Waals surface area contributed by atoms with Gasteiger partial charge in [-0.25, -0.2) is 0 Å². The number of amides is 1. The van der Waals surface area contributed by atoms with Crippen LogP contribution < -0.4 is 15.8 Å². The Kier molecular flexibility index (Phi) is 2.97. The SMILES string of the molecule is COc1cc(NC(=O)C2CC3C(N)C3C2)ccc1C. The molecule has 4 heteroatoms. The number of fused-ring (bicyclic) bond motifs is 1. The molecule has 2 aliphatic carbocycles. The van der Waals surface area contributed by atoms with Crippen LogP contribution in [-0.2, 0) is 4.79 Å². The number of aryl methyl sites for hydroxylation is 1. The minimum absolute atomic E-state index is 0.116. The van der Waals surface area contributed by atoms with Crippen LogP contribution in [0.15, 0.2) is 18.2 Å². The van der Waals surface area contributed by atoms with Gasteiger partial charge in [-0.3, -0.25) is 4.79 Å². The lowest BCUT2D eigenvalue weighted by molar-refractivity contribution is -0.120. The summed E-state index contributed by atoms with van der Waals surface area (Å²) < 4.78 is 5.26. The Morgan fingerprint density at radius 3 is 2.68 bits per heavy atom. The van der Waals surface area contributed by atoms with Crippen molar-refractivity contribution in [2.45, 2.75) is 25.8 Å². The molecule has 102 valence electrons. The summed E-state index contributed by atoms with van der Waals surface area (Å²) in [5.41, 5.74) is 7.76. The molecule has 1 aromatic rings. The molecule has 3 N–H and O–H groups in total. The maximum atomic E-state index is 12.2. The van der Waals surface area contributed by atoms with Crippen LogP contribution in [0, 0.1) is 24.7 Å². The third kappa shape index (κ3) is 2.21. The van der Waals surface area contributed by atoms with Gasteiger partial charge in [0.15, 0.2) is 0 Å². The first-order valence-electron chi connectivity index (χ1n) is 6.81. The van der Waals surface area contributed by atoms with Gasteiger partial charge in [-0.15, -0.1) is 0 Å². The fourth-order valence-corrected chi connectivity index (χ4v) is 3.25. The van der Waals surface area contributed by atoms with Crippen molar-refractivity contribution in [3.8, 4) is 5.75 Å². The van der Waals surface area contributed by atoms with Crippen molar-refractivity contribution in [3.05, 3.63) is 23.8 Å². The number of nitrogens with two attached hydrogens (primary N) is 1. The topological polar surface area (TPSA) is 64.3 Å². The van der Waals surface area contributed by atoms with Crippen LogP contribution in [0.3, 0.4) is 0 Å². The number of carbonyl (C=O) groups is 1. The summed E-state index contributed by atoms with van der Waals surface area (Å²) in [6.45, 7) is 1.98. The van der Waals surface area contributed by atoms with Crippen LogP contribution in [-0.4, -0.2) is 19.1 Å². The number of carbonyl (C=O) groups excluding carboxylic acids is 1. The van der Waals surface area contributed by atoms with Crippen molar-refractivity contribution in [1.29, 1.82) is 0 Å². The van der Waals surface area contributed by atoms with E-state index in [1.165, 1.54) is 0 Å². The van der Waals surface area contributed by atoms with Gasteiger partial charge in [0.2, 0.25) is 5.91 Å². The monoisotopic (exact) mass is 260 g/mol. The Morgan fingerprint density at radius 1 is 1.37 bits per heavy atom. The zero-order valence-corrected chi connectivity index (χ0v) is 11.3. The lowest BCUT2D eigenvalue weighted by atomic mass is 10.0. The highest BCUT2D eigenvalue weighted by Crippen LogP contribution is 2.53.